The molecule has 1 aromatic carbocycles. The minimum atomic E-state index is 0.322. The molecule has 1 nitrogen and oxygen atoms in total. The number of rotatable bonds is 1. The van der Waals surface area contributed by atoms with Gasteiger partial charge in [-0.3, -0.25) is 0 Å². The highest BCUT2D eigenvalue weighted by molar-refractivity contribution is 7.22. The molecule has 0 radical (unpaired) electrons. The molecule has 2 aromatic rings. The maximum Gasteiger partial charge on any atom is 0.117 e. The summed E-state index contributed by atoms with van der Waals surface area (Å²) >= 11 is 7.40. The van der Waals surface area contributed by atoms with Gasteiger partial charge in [-0.1, -0.05) is 18.5 Å². The second kappa shape index (κ2) is 3.20. The zero-order chi connectivity index (χ0) is 9.42. The number of phenols is 1. The quantitative estimate of drug-likeness (QED) is 0.762. The monoisotopic (exact) mass is 212 g/mol. The number of hydrogen-bond donors (Lipinski definition) is 1. The van der Waals surface area contributed by atoms with Crippen LogP contribution >= 0.6 is 22.9 Å². The number of phenolic OH excluding ortho intramolecular Hbond substituents is 1. The number of benzene rings is 1. The van der Waals surface area contributed by atoms with Crippen LogP contribution in [0.15, 0.2) is 18.2 Å². The molecule has 0 saturated heterocycles. The van der Waals surface area contributed by atoms with E-state index in [1.54, 1.807) is 12.1 Å². The van der Waals surface area contributed by atoms with Crippen molar-refractivity contribution >= 4 is 33.0 Å². The Morgan fingerprint density at radius 2 is 2.15 bits per heavy atom. The lowest BCUT2D eigenvalue weighted by molar-refractivity contribution is 0.475. The fourth-order valence-corrected chi connectivity index (χ4v) is 2.68. The van der Waals surface area contributed by atoms with Crippen molar-refractivity contribution in [2.75, 3.05) is 0 Å². The Kier molecular flexibility index (Phi) is 2.18. The van der Waals surface area contributed by atoms with Gasteiger partial charge < -0.3 is 5.11 Å². The van der Waals surface area contributed by atoms with E-state index in [9.17, 15) is 5.11 Å². The summed E-state index contributed by atoms with van der Waals surface area (Å²) in [7, 11) is 0. The van der Waals surface area contributed by atoms with Gasteiger partial charge in [-0.25, -0.2) is 0 Å². The molecule has 0 spiro atoms. The number of halogens is 1. The summed E-state index contributed by atoms with van der Waals surface area (Å²) < 4.78 is 1.83. The summed E-state index contributed by atoms with van der Waals surface area (Å²) in [6, 6.07) is 5.51. The van der Waals surface area contributed by atoms with E-state index in [0.717, 1.165) is 26.4 Å². The summed E-state index contributed by atoms with van der Waals surface area (Å²) in [4.78, 5) is 0. The van der Waals surface area contributed by atoms with Crippen LogP contribution in [-0.2, 0) is 6.42 Å². The first-order chi connectivity index (χ1) is 6.20. The highest BCUT2D eigenvalue weighted by Crippen LogP contribution is 2.34. The molecule has 13 heavy (non-hydrogen) atoms. The minimum Gasteiger partial charge on any atom is -0.508 e. The molecule has 1 heterocycles. The maximum absolute atomic E-state index is 9.42. The second-order valence-corrected chi connectivity index (χ2v) is 4.64. The molecule has 0 amide bonds. The lowest BCUT2D eigenvalue weighted by Gasteiger charge is -1.99. The summed E-state index contributed by atoms with van der Waals surface area (Å²) in [5, 5.41) is 10.6. The maximum atomic E-state index is 9.42. The van der Waals surface area contributed by atoms with Gasteiger partial charge in [0.05, 0.1) is 4.34 Å². The van der Waals surface area contributed by atoms with Crippen molar-refractivity contribution in [1.29, 1.82) is 0 Å². The number of fused-ring (bicyclic) bond motifs is 1. The fourth-order valence-electron chi connectivity index (χ4n) is 1.46. The third-order valence-electron chi connectivity index (χ3n) is 2.06. The molecule has 0 atom stereocenters. The SMILES string of the molecule is CCc1cc(O)cc2sc(Cl)cc12. The van der Waals surface area contributed by atoms with E-state index >= 15 is 0 Å². The van der Waals surface area contributed by atoms with Crippen LogP contribution in [0, 0.1) is 0 Å². The highest BCUT2D eigenvalue weighted by atomic mass is 35.5. The lowest BCUT2D eigenvalue weighted by atomic mass is 10.1. The van der Waals surface area contributed by atoms with Crippen molar-refractivity contribution in [3.63, 3.8) is 0 Å². The predicted octanol–water partition coefficient (Wildman–Crippen LogP) is 3.82. The van der Waals surface area contributed by atoms with Gasteiger partial charge in [0, 0.05) is 4.70 Å². The number of thiophene rings is 1. The molecular formula is C10H9ClOS. The third-order valence-corrected chi connectivity index (χ3v) is 3.27. The first-order valence-electron chi connectivity index (χ1n) is 4.11. The van der Waals surface area contributed by atoms with E-state index in [0.29, 0.717) is 5.75 Å². The average Bonchev–Trinajstić information content (AvgIpc) is 2.43. The molecule has 0 unspecified atom stereocenters. The first-order valence-corrected chi connectivity index (χ1v) is 5.31. The molecule has 0 bridgehead atoms. The molecule has 1 N–H and O–H groups in total. The van der Waals surface area contributed by atoms with Crippen molar-refractivity contribution in [2.45, 2.75) is 13.3 Å². The zero-order valence-corrected chi connectivity index (χ0v) is 8.75. The third kappa shape index (κ3) is 1.52. The van der Waals surface area contributed by atoms with E-state index in [1.807, 2.05) is 6.07 Å². The van der Waals surface area contributed by atoms with E-state index < -0.39 is 0 Å². The Morgan fingerprint density at radius 3 is 2.85 bits per heavy atom. The van der Waals surface area contributed by atoms with Gasteiger partial charge in [0.15, 0.2) is 0 Å². The zero-order valence-electron chi connectivity index (χ0n) is 7.17. The Balaban J connectivity index is 2.80. The molecule has 0 saturated carbocycles. The fraction of sp³-hybridized carbons (Fsp3) is 0.200. The summed E-state index contributed by atoms with van der Waals surface area (Å²) in [5.74, 6) is 0.322. The van der Waals surface area contributed by atoms with Crippen LogP contribution in [0.3, 0.4) is 0 Å². The van der Waals surface area contributed by atoms with E-state index in [1.165, 1.54) is 11.3 Å². The molecule has 1 aromatic heterocycles. The van der Waals surface area contributed by atoms with Gasteiger partial charge >= 0.3 is 0 Å². The van der Waals surface area contributed by atoms with Crippen molar-refractivity contribution in [3.05, 3.63) is 28.1 Å². The molecular weight excluding hydrogens is 204 g/mol. The summed E-state index contributed by atoms with van der Waals surface area (Å²) in [6.45, 7) is 2.07. The number of aryl methyl sites for hydroxylation is 1. The Hall–Kier alpha value is -0.730. The van der Waals surface area contributed by atoms with Gasteiger partial charge in [0.1, 0.15) is 5.75 Å². The van der Waals surface area contributed by atoms with Crippen molar-refractivity contribution < 1.29 is 5.11 Å². The topological polar surface area (TPSA) is 20.2 Å². The molecule has 2 rings (SSSR count). The molecule has 0 aliphatic carbocycles. The largest absolute Gasteiger partial charge is 0.508 e. The van der Waals surface area contributed by atoms with Crippen LogP contribution in [0.2, 0.25) is 4.34 Å². The first kappa shape index (κ1) is 8.85. The normalized spacial score (nSPS) is 10.9. The van der Waals surface area contributed by atoms with Gasteiger partial charge in [0.25, 0.3) is 0 Å². The van der Waals surface area contributed by atoms with Crippen molar-refractivity contribution in [3.8, 4) is 5.75 Å². The van der Waals surface area contributed by atoms with Gasteiger partial charge in [-0.05, 0) is 35.6 Å². The van der Waals surface area contributed by atoms with E-state index in [4.69, 9.17) is 11.6 Å². The Labute approximate surface area is 85.6 Å². The predicted molar refractivity (Wildman–Crippen MR) is 57.9 cm³/mol. The standard InChI is InChI=1S/C10H9ClOS/c1-2-6-3-7(12)4-9-8(6)5-10(11)13-9/h3-5,12H,2H2,1H3. The second-order valence-electron chi connectivity index (χ2n) is 2.92. The Bertz CT molecular complexity index is 447. The minimum absolute atomic E-state index is 0.322. The summed E-state index contributed by atoms with van der Waals surface area (Å²) in [5.41, 5.74) is 1.15. The summed E-state index contributed by atoms with van der Waals surface area (Å²) in [6.07, 6.45) is 0.915. The number of hydrogen-bond acceptors (Lipinski definition) is 2. The molecule has 68 valence electrons. The average molecular weight is 213 g/mol. The van der Waals surface area contributed by atoms with Gasteiger partial charge in [0.2, 0.25) is 0 Å². The molecule has 0 aliphatic heterocycles. The van der Waals surface area contributed by atoms with Crippen molar-refractivity contribution in [1.82, 2.24) is 0 Å². The molecule has 0 fully saturated rings. The van der Waals surface area contributed by atoms with Crippen molar-refractivity contribution in [2.24, 2.45) is 0 Å². The van der Waals surface area contributed by atoms with Crippen LogP contribution in [-0.4, -0.2) is 5.11 Å². The van der Waals surface area contributed by atoms with Crippen LogP contribution < -0.4 is 0 Å². The lowest BCUT2D eigenvalue weighted by Crippen LogP contribution is -1.79. The van der Waals surface area contributed by atoms with Gasteiger partial charge in [-0.2, -0.15) is 0 Å². The Morgan fingerprint density at radius 1 is 1.38 bits per heavy atom. The highest BCUT2D eigenvalue weighted by Gasteiger charge is 2.05. The molecule has 0 aliphatic rings. The van der Waals surface area contributed by atoms with E-state index in [2.05, 4.69) is 6.92 Å². The van der Waals surface area contributed by atoms with Crippen LogP contribution in [0.1, 0.15) is 12.5 Å². The van der Waals surface area contributed by atoms with Crippen LogP contribution in [0.25, 0.3) is 10.1 Å². The van der Waals surface area contributed by atoms with Crippen LogP contribution in [0.4, 0.5) is 0 Å². The van der Waals surface area contributed by atoms with E-state index in [-0.39, 0.29) is 0 Å². The van der Waals surface area contributed by atoms with Crippen LogP contribution in [0.5, 0.6) is 5.75 Å². The number of aromatic hydroxyl groups is 1. The molecule has 3 heteroatoms. The smallest absolute Gasteiger partial charge is 0.117 e. The van der Waals surface area contributed by atoms with Gasteiger partial charge in [-0.15, -0.1) is 11.3 Å².